The first-order valence-corrected chi connectivity index (χ1v) is 6.13. The summed E-state index contributed by atoms with van der Waals surface area (Å²) in [6, 6.07) is 7.45. The molecule has 1 amide bonds. The average Bonchev–Trinajstić information content (AvgIpc) is 2.92. The second kappa shape index (κ2) is 5.46. The van der Waals surface area contributed by atoms with Crippen molar-refractivity contribution in [2.45, 2.75) is 0 Å². The zero-order valence-electron chi connectivity index (χ0n) is 9.84. The number of hydrogen-bond donors (Lipinski definition) is 1. The van der Waals surface area contributed by atoms with Crippen LogP contribution in [-0.2, 0) is 9.53 Å². The fourth-order valence-corrected chi connectivity index (χ4v) is 2.00. The van der Waals surface area contributed by atoms with E-state index in [0.717, 1.165) is 10.6 Å². The van der Waals surface area contributed by atoms with Crippen LogP contribution in [0.1, 0.15) is 0 Å². The molecule has 0 spiro atoms. The zero-order chi connectivity index (χ0) is 13.0. The largest absolute Gasteiger partial charge is 0.492 e. The van der Waals surface area contributed by atoms with Gasteiger partial charge in [-0.3, -0.25) is 4.79 Å². The number of hydrogen-bond acceptors (Lipinski definition) is 4. The minimum absolute atomic E-state index is 0.0824. The van der Waals surface area contributed by atoms with Crippen molar-refractivity contribution >= 4 is 22.9 Å². The minimum Gasteiger partial charge on any atom is -0.492 e. The van der Waals surface area contributed by atoms with Crippen LogP contribution in [0.4, 0.5) is 5.69 Å². The van der Waals surface area contributed by atoms with Crippen LogP contribution in [0.5, 0.6) is 0 Å². The fraction of sp³-hybridized carbons (Fsp3) is 0.0769. The number of rotatable bonds is 4. The van der Waals surface area contributed by atoms with E-state index in [0.29, 0.717) is 5.69 Å². The van der Waals surface area contributed by atoms with E-state index in [2.05, 4.69) is 16.9 Å². The van der Waals surface area contributed by atoms with Gasteiger partial charge in [-0.2, -0.15) is 0 Å². The lowest BCUT2D eigenvalue weighted by atomic mass is 10.2. The molecule has 0 fully saturated rings. The number of aromatic nitrogens is 1. The minimum atomic E-state index is -0.348. The first-order valence-electron chi connectivity index (χ1n) is 5.25. The van der Waals surface area contributed by atoms with Crippen LogP contribution in [0.2, 0.25) is 0 Å². The Bertz CT molecular complexity index is 547. The molecule has 5 heteroatoms. The summed E-state index contributed by atoms with van der Waals surface area (Å²) >= 11 is 1.57. The molecule has 18 heavy (non-hydrogen) atoms. The van der Waals surface area contributed by atoms with Crippen molar-refractivity contribution in [2.24, 2.45) is 0 Å². The summed E-state index contributed by atoms with van der Waals surface area (Å²) in [6.45, 7) is 3.48. The third-order valence-corrected chi connectivity index (χ3v) is 3.14. The van der Waals surface area contributed by atoms with Crippen LogP contribution in [0.25, 0.3) is 10.6 Å². The molecule has 2 aromatic rings. The number of benzene rings is 1. The number of nitrogens with zero attached hydrogens (tertiary/aromatic N) is 1. The van der Waals surface area contributed by atoms with Crippen molar-refractivity contribution < 1.29 is 9.53 Å². The highest BCUT2D eigenvalue weighted by Gasteiger charge is 2.07. The fourth-order valence-electron chi connectivity index (χ4n) is 1.36. The van der Waals surface area contributed by atoms with E-state index in [4.69, 9.17) is 4.74 Å². The van der Waals surface area contributed by atoms with Gasteiger partial charge in [0.2, 0.25) is 0 Å². The molecule has 2 rings (SSSR count). The monoisotopic (exact) mass is 260 g/mol. The van der Waals surface area contributed by atoms with Gasteiger partial charge in [-0.1, -0.05) is 6.58 Å². The number of carbonyl (C=O) groups excluding carboxylic acids is 1. The molecule has 1 heterocycles. The molecule has 0 saturated heterocycles. The molecule has 92 valence electrons. The van der Waals surface area contributed by atoms with Crippen LogP contribution in [0.3, 0.4) is 0 Å². The first kappa shape index (κ1) is 12.3. The second-order valence-corrected chi connectivity index (χ2v) is 4.39. The van der Waals surface area contributed by atoms with Gasteiger partial charge < -0.3 is 10.1 Å². The van der Waals surface area contributed by atoms with Crippen LogP contribution >= 0.6 is 11.3 Å². The van der Waals surface area contributed by atoms with Gasteiger partial charge in [0, 0.05) is 22.8 Å². The van der Waals surface area contributed by atoms with Crippen LogP contribution in [0.15, 0.2) is 48.2 Å². The maximum Gasteiger partial charge on any atom is 0.290 e. The third kappa shape index (κ3) is 2.75. The lowest BCUT2D eigenvalue weighted by molar-refractivity contribution is -0.115. The summed E-state index contributed by atoms with van der Waals surface area (Å²) in [5, 5.41) is 5.56. The predicted molar refractivity (Wildman–Crippen MR) is 72.3 cm³/mol. The number of nitrogens with one attached hydrogen (secondary N) is 1. The Labute approximate surface area is 109 Å². The molecule has 0 atom stereocenters. The van der Waals surface area contributed by atoms with E-state index in [-0.39, 0.29) is 11.7 Å². The number of ether oxygens (including phenoxy) is 1. The van der Waals surface area contributed by atoms with Gasteiger partial charge in [-0.05, 0) is 24.3 Å². The number of carbonyl (C=O) groups is 1. The van der Waals surface area contributed by atoms with Crippen molar-refractivity contribution in [3.8, 4) is 10.6 Å². The Morgan fingerprint density at radius 2 is 2.11 bits per heavy atom. The highest BCUT2D eigenvalue weighted by molar-refractivity contribution is 7.13. The lowest BCUT2D eigenvalue weighted by Gasteiger charge is -2.06. The van der Waals surface area contributed by atoms with Crippen LogP contribution < -0.4 is 5.32 Å². The molecule has 0 unspecified atom stereocenters. The smallest absolute Gasteiger partial charge is 0.290 e. The molecule has 1 N–H and O–H groups in total. The Morgan fingerprint density at radius 3 is 2.67 bits per heavy atom. The second-order valence-electron chi connectivity index (χ2n) is 3.50. The Morgan fingerprint density at radius 1 is 1.39 bits per heavy atom. The predicted octanol–water partition coefficient (Wildman–Crippen LogP) is 2.91. The summed E-state index contributed by atoms with van der Waals surface area (Å²) in [6.07, 6.45) is 1.76. The van der Waals surface area contributed by atoms with Gasteiger partial charge in [0.25, 0.3) is 5.91 Å². The Balaban J connectivity index is 2.09. The highest BCUT2D eigenvalue weighted by Crippen LogP contribution is 2.23. The van der Waals surface area contributed by atoms with Gasteiger partial charge in [-0.25, -0.2) is 4.98 Å². The topological polar surface area (TPSA) is 51.2 Å². The van der Waals surface area contributed by atoms with Gasteiger partial charge >= 0.3 is 0 Å². The summed E-state index contributed by atoms with van der Waals surface area (Å²) in [5.41, 5.74) is 1.71. The SMILES string of the molecule is C=C(OC)C(=O)Nc1ccc(-c2nccs2)cc1. The summed E-state index contributed by atoms with van der Waals surface area (Å²) < 4.78 is 4.75. The molecule has 4 nitrogen and oxygen atoms in total. The van der Waals surface area contributed by atoms with Gasteiger partial charge in [-0.15, -0.1) is 11.3 Å². The quantitative estimate of drug-likeness (QED) is 0.679. The zero-order valence-corrected chi connectivity index (χ0v) is 10.7. The number of anilines is 1. The van der Waals surface area contributed by atoms with Crippen molar-refractivity contribution in [1.29, 1.82) is 0 Å². The average molecular weight is 260 g/mol. The number of methoxy groups -OCH3 is 1. The third-order valence-electron chi connectivity index (χ3n) is 2.32. The standard InChI is InChI=1S/C13H12N2O2S/c1-9(17-2)12(16)15-11-5-3-10(4-6-11)13-14-7-8-18-13/h3-8H,1H2,2H3,(H,15,16). The van der Waals surface area contributed by atoms with Gasteiger partial charge in [0.1, 0.15) is 5.01 Å². The number of amides is 1. The van der Waals surface area contributed by atoms with Crippen molar-refractivity contribution in [1.82, 2.24) is 4.98 Å². The van der Waals surface area contributed by atoms with Gasteiger partial charge in [0.05, 0.1) is 7.11 Å². The molecular formula is C13H12N2O2S. The molecule has 0 bridgehead atoms. The molecule has 1 aromatic heterocycles. The lowest BCUT2D eigenvalue weighted by Crippen LogP contribution is -2.14. The summed E-state index contributed by atoms with van der Waals surface area (Å²) in [5.74, 6) is -0.265. The summed E-state index contributed by atoms with van der Waals surface area (Å²) in [7, 11) is 1.41. The van der Waals surface area contributed by atoms with E-state index in [1.165, 1.54) is 7.11 Å². The normalized spacial score (nSPS) is 9.83. The maximum atomic E-state index is 11.5. The number of thiazole rings is 1. The Hall–Kier alpha value is -2.14. The summed E-state index contributed by atoms with van der Waals surface area (Å²) in [4.78, 5) is 15.7. The van der Waals surface area contributed by atoms with Gasteiger partial charge in [0.15, 0.2) is 5.76 Å². The van der Waals surface area contributed by atoms with Crippen molar-refractivity contribution in [3.05, 3.63) is 48.2 Å². The van der Waals surface area contributed by atoms with E-state index in [1.807, 2.05) is 29.6 Å². The molecule has 0 aliphatic carbocycles. The molecule has 0 aliphatic rings. The van der Waals surface area contributed by atoms with Crippen LogP contribution in [-0.4, -0.2) is 18.0 Å². The molecule has 0 radical (unpaired) electrons. The Kier molecular flexibility index (Phi) is 3.74. The maximum absolute atomic E-state index is 11.5. The molecular weight excluding hydrogens is 248 g/mol. The van der Waals surface area contributed by atoms with Crippen molar-refractivity contribution in [3.63, 3.8) is 0 Å². The molecule has 0 aliphatic heterocycles. The van der Waals surface area contributed by atoms with E-state index < -0.39 is 0 Å². The first-order chi connectivity index (χ1) is 8.70. The van der Waals surface area contributed by atoms with E-state index in [9.17, 15) is 4.79 Å². The van der Waals surface area contributed by atoms with Crippen molar-refractivity contribution in [2.75, 3.05) is 12.4 Å². The van der Waals surface area contributed by atoms with E-state index >= 15 is 0 Å². The van der Waals surface area contributed by atoms with Crippen LogP contribution in [0, 0.1) is 0 Å². The molecule has 1 aromatic carbocycles. The molecule has 0 saturated carbocycles. The highest BCUT2D eigenvalue weighted by atomic mass is 32.1. The van der Waals surface area contributed by atoms with E-state index in [1.54, 1.807) is 17.5 Å².